The molecule has 0 saturated carbocycles. The van der Waals surface area contributed by atoms with Crippen LogP contribution in [0.15, 0.2) is 184 Å². The minimum Gasteiger partial charge on any atom is -0.346 e. The van der Waals surface area contributed by atoms with Crippen molar-refractivity contribution in [1.82, 2.24) is 60.3 Å². The first-order valence-electron chi connectivity index (χ1n) is 29.8. The molecule has 0 radical (unpaired) electrons. The van der Waals surface area contributed by atoms with Crippen molar-refractivity contribution in [3.8, 4) is 0 Å². The predicted molar refractivity (Wildman–Crippen MR) is 363 cm³/mol. The lowest BCUT2D eigenvalue weighted by Crippen LogP contribution is -2.13. The fourth-order valence-corrected chi connectivity index (χ4v) is 7.38. The van der Waals surface area contributed by atoms with Gasteiger partial charge in [-0.3, -0.25) is 25.0 Å². The number of aromatic amines is 2. The Morgan fingerprint density at radius 3 is 1.24 bits per heavy atom. The van der Waals surface area contributed by atoms with E-state index in [4.69, 9.17) is 0 Å². The predicted octanol–water partition coefficient (Wildman–Crippen LogP) is 18.8. The molecule has 0 spiro atoms. The SMILES string of the molecule is CC(C)(C)c1ccc2[nH]ncc2c1.CC(C)(C)c1ccccc1.CC(C)(C)c1ccccn1.CC(C)(C)c1cccnc1.CC(C)(C)c1cccnn1.CC(C)(C)c1cnc2[nH]ccc2c1.CC(C)(C)c1cnccn1.CC(C)(C)c1cncnc1. The molecule has 2 N–H and O–H groups in total. The van der Waals surface area contributed by atoms with E-state index in [1.807, 2.05) is 73.7 Å². The number of rotatable bonds is 0. The number of benzene rings is 2. The Labute approximate surface area is 517 Å². The van der Waals surface area contributed by atoms with Crippen LogP contribution in [0.1, 0.15) is 211 Å². The van der Waals surface area contributed by atoms with Crippen LogP contribution in [-0.2, 0) is 43.3 Å². The summed E-state index contributed by atoms with van der Waals surface area (Å²) in [6.45, 7) is 52.1. The monoisotopic (exact) mass is 1160 g/mol. The Morgan fingerprint density at radius 2 is 0.826 bits per heavy atom. The standard InChI is InChI=1S/2C11H14N2.C10H14.2C9H13N.3C8H12N2/c1-11(2,3)9-4-5-10-8(6-9)7-12-13-10;1-11(2,3)9-6-8-4-5-12-10(8)13-7-9;1-10(2,3)9-7-5-4-6-8-9;1-9(2,3)8-5-4-6-10-7-8;1-9(2,3)8-6-4-5-7-10-8;1-8(2,3)7-4-9-6-10-5-7;1-8(2,3)7-6-9-4-5-10-7;1-8(2,3)7-5-4-6-9-10-7/h2*4-7H,1-3H3,(H,12,13);4-8H,1-3H3;2*4-7H,1-3H3;3*4-6H,1-3H3. The van der Waals surface area contributed by atoms with E-state index in [1.54, 1.807) is 37.3 Å². The van der Waals surface area contributed by atoms with Gasteiger partial charge in [0.2, 0.25) is 0 Å². The summed E-state index contributed by atoms with van der Waals surface area (Å²) in [5, 5.41) is 17.1. The van der Waals surface area contributed by atoms with Crippen molar-refractivity contribution >= 4 is 21.9 Å². The fourth-order valence-electron chi connectivity index (χ4n) is 7.38. The molecule has 0 fully saturated rings. The molecule has 0 aliphatic rings. The molecule has 8 heterocycles. The zero-order valence-electron chi connectivity index (χ0n) is 56.8. The number of nitrogens with one attached hydrogen (secondary N) is 2. The van der Waals surface area contributed by atoms with Crippen LogP contribution in [0.5, 0.6) is 0 Å². The van der Waals surface area contributed by atoms with E-state index < -0.39 is 0 Å². The highest BCUT2D eigenvalue weighted by Gasteiger charge is 2.19. The van der Waals surface area contributed by atoms with Crippen molar-refractivity contribution in [3.63, 3.8) is 0 Å². The van der Waals surface area contributed by atoms with E-state index in [9.17, 15) is 0 Å². The number of hydrogen-bond donors (Lipinski definition) is 2. The van der Waals surface area contributed by atoms with Crippen molar-refractivity contribution in [2.24, 2.45) is 0 Å². The van der Waals surface area contributed by atoms with Gasteiger partial charge in [0, 0.05) is 101 Å². The zero-order valence-corrected chi connectivity index (χ0v) is 56.8. The number of nitrogens with zero attached hydrogens (tertiary/aromatic N) is 10. The summed E-state index contributed by atoms with van der Waals surface area (Å²) in [6, 6.07) is 35.2. The van der Waals surface area contributed by atoms with Gasteiger partial charge in [-0.25, -0.2) is 15.0 Å². The van der Waals surface area contributed by atoms with Gasteiger partial charge in [0.25, 0.3) is 0 Å². The summed E-state index contributed by atoms with van der Waals surface area (Å²) < 4.78 is 0. The lowest BCUT2D eigenvalue weighted by atomic mass is 9.86. The molecule has 460 valence electrons. The highest BCUT2D eigenvalue weighted by atomic mass is 15.1. The van der Waals surface area contributed by atoms with E-state index in [2.05, 4.69) is 299 Å². The Kier molecular flexibility index (Phi) is 27.0. The second kappa shape index (κ2) is 32.0. The number of H-pyrrole nitrogens is 2. The minimum atomic E-state index is 0.119. The van der Waals surface area contributed by atoms with E-state index in [1.165, 1.54) is 38.6 Å². The third kappa shape index (κ3) is 27.0. The number of hydrogen-bond acceptors (Lipinski definition) is 10. The van der Waals surface area contributed by atoms with Gasteiger partial charge in [-0.15, -0.1) is 0 Å². The average Bonchev–Trinajstić information content (AvgIpc) is 3.80. The molecule has 2 aromatic carbocycles. The zero-order chi connectivity index (χ0) is 64.6. The molecule has 12 nitrogen and oxygen atoms in total. The first kappa shape index (κ1) is 72.4. The summed E-state index contributed by atoms with van der Waals surface area (Å²) in [7, 11) is 0. The lowest BCUT2D eigenvalue weighted by molar-refractivity contribution is 0.558. The van der Waals surface area contributed by atoms with Crippen LogP contribution in [0.3, 0.4) is 0 Å². The third-order valence-corrected chi connectivity index (χ3v) is 13.3. The first-order valence-corrected chi connectivity index (χ1v) is 29.8. The summed E-state index contributed by atoms with van der Waals surface area (Å²) >= 11 is 0. The first-order chi connectivity index (χ1) is 39.8. The van der Waals surface area contributed by atoms with E-state index in [0.717, 1.165) is 28.2 Å². The summed E-state index contributed by atoms with van der Waals surface area (Å²) in [6.07, 6.45) is 23.4. The molecule has 0 aliphatic carbocycles. The molecule has 12 heteroatoms. The molecule has 0 amide bonds. The topological polar surface area (TPSA) is 160 Å². The molecule has 0 aliphatic heterocycles. The maximum absolute atomic E-state index is 4.35. The number of aromatic nitrogens is 12. The second-order valence-corrected chi connectivity index (χ2v) is 29.5. The van der Waals surface area contributed by atoms with Crippen LogP contribution in [0.25, 0.3) is 21.9 Å². The maximum atomic E-state index is 4.35. The van der Waals surface area contributed by atoms with Crippen molar-refractivity contribution < 1.29 is 0 Å². The largest absolute Gasteiger partial charge is 0.346 e. The maximum Gasteiger partial charge on any atom is 0.137 e. The van der Waals surface area contributed by atoms with Gasteiger partial charge in [0.05, 0.1) is 23.1 Å². The quantitative estimate of drug-likeness (QED) is 0.150. The van der Waals surface area contributed by atoms with Crippen molar-refractivity contribution in [1.29, 1.82) is 0 Å². The number of fused-ring (bicyclic) bond motifs is 2. The summed E-state index contributed by atoms with van der Waals surface area (Å²) in [5.74, 6) is 0. The molecule has 0 saturated heterocycles. The molecule has 86 heavy (non-hydrogen) atoms. The smallest absolute Gasteiger partial charge is 0.137 e. The normalized spacial score (nSPS) is 11.7. The van der Waals surface area contributed by atoms with E-state index in [-0.39, 0.29) is 37.9 Å². The second-order valence-electron chi connectivity index (χ2n) is 29.5. The third-order valence-electron chi connectivity index (χ3n) is 13.3. The molecule has 10 rings (SSSR count). The number of pyridine rings is 3. The Balaban J connectivity index is 0.000000258. The van der Waals surface area contributed by atoms with Crippen LogP contribution >= 0.6 is 0 Å². The molecule has 0 unspecified atom stereocenters. The van der Waals surface area contributed by atoms with Crippen molar-refractivity contribution in [2.45, 2.75) is 209 Å². The van der Waals surface area contributed by atoms with Crippen LogP contribution in [0, 0.1) is 0 Å². The van der Waals surface area contributed by atoms with Gasteiger partial charge in [-0.05, 0) is 109 Å². The van der Waals surface area contributed by atoms with Gasteiger partial charge in [0.1, 0.15) is 12.0 Å². The van der Waals surface area contributed by atoms with Crippen molar-refractivity contribution in [3.05, 3.63) is 229 Å². The van der Waals surface area contributed by atoms with Crippen LogP contribution in [-0.4, -0.2) is 60.3 Å². The average molecular weight is 1160 g/mol. The Bertz CT molecular complexity index is 2930. The molecular weight excluding hydrogens is 1060 g/mol. The van der Waals surface area contributed by atoms with Crippen molar-refractivity contribution in [2.75, 3.05) is 0 Å². The van der Waals surface area contributed by atoms with Gasteiger partial charge in [0.15, 0.2) is 0 Å². The Morgan fingerprint density at radius 1 is 0.314 bits per heavy atom. The van der Waals surface area contributed by atoms with Gasteiger partial charge in [-0.2, -0.15) is 15.3 Å². The Hall–Kier alpha value is -7.86. The van der Waals surface area contributed by atoms with E-state index >= 15 is 0 Å². The van der Waals surface area contributed by atoms with E-state index in [0.29, 0.717) is 5.41 Å². The fraction of sp³-hybridized carbons (Fsp3) is 0.432. The van der Waals surface area contributed by atoms with Gasteiger partial charge in [-0.1, -0.05) is 215 Å². The molecule has 0 bridgehead atoms. The highest BCUT2D eigenvalue weighted by molar-refractivity contribution is 5.79. The van der Waals surface area contributed by atoms with Gasteiger partial charge < -0.3 is 4.98 Å². The minimum absolute atomic E-state index is 0.119. The van der Waals surface area contributed by atoms with Crippen LogP contribution < -0.4 is 0 Å². The lowest BCUT2D eigenvalue weighted by Gasteiger charge is -2.18. The molecular formula is C74H104N12. The summed E-state index contributed by atoms with van der Waals surface area (Å²) in [4.78, 5) is 31.8. The van der Waals surface area contributed by atoms with Crippen LogP contribution in [0.2, 0.25) is 0 Å². The van der Waals surface area contributed by atoms with Crippen LogP contribution in [0.4, 0.5) is 0 Å². The molecule has 0 atom stereocenters. The molecule has 10 aromatic rings. The summed E-state index contributed by atoms with van der Waals surface area (Å²) in [5.41, 5.74) is 13.3. The molecule has 8 aromatic heterocycles. The van der Waals surface area contributed by atoms with Gasteiger partial charge >= 0.3 is 0 Å². The highest BCUT2D eigenvalue weighted by Crippen LogP contribution is 2.27.